The molecule has 1 unspecified atom stereocenters. The van der Waals surface area contributed by atoms with Gasteiger partial charge in [0.15, 0.2) is 0 Å². The van der Waals surface area contributed by atoms with Crippen LogP contribution in [0.2, 0.25) is 0 Å². The molecule has 0 radical (unpaired) electrons. The van der Waals surface area contributed by atoms with Crippen LogP contribution in [0.5, 0.6) is 0 Å². The Morgan fingerprint density at radius 3 is 2.44 bits per heavy atom. The first-order valence-corrected chi connectivity index (χ1v) is 8.81. The lowest BCUT2D eigenvalue weighted by Crippen LogP contribution is -2.43. The Bertz CT molecular complexity index is 771. The maximum Gasteiger partial charge on any atom is 0.228 e. The molecule has 1 aliphatic rings. The standard InChI is InChI=1S/C21H27N3O/c1-23(2)14-8-13-21(20(22)25)15-16-9-4-6-11-18(16)24(3)19-12-7-5-10-17(19)21/h4-7,9-12H,8,13-15H2,1-3H3,(H2,22,25). The largest absolute Gasteiger partial charge is 0.369 e. The summed E-state index contributed by atoms with van der Waals surface area (Å²) in [4.78, 5) is 17.1. The average molecular weight is 337 g/mol. The molecule has 0 spiro atoms. The third-order valence-electron chi connectivity index (χ3n) is 5.31. The second-order valence-electron chi connectivity index (χ2n) is 7.23. The molecule has 0 saturated carbocycles. The summed E-state index contributed by atoms with van der Waals surface area (Å²) in [7, 11) is 6.18. The lowest BCUT2D eigenvalue weighted by Gasteiger charge is -2.32. The monoisotopic (exact) mass is 337 g/mol. The fraction of sp³-hybridized carbons (Fsp3) is 0.381. The Balaban J connectivity index is 2.15. The molecule has 4 heteroatoms. The molecule has 0 aliphatic carbocycles. The third kappa shape index (κ3) is 3.14. The number of anilines is 2. The first-order valence-electron chi connectivity index (χ1n) is 8.81. The van der Waals surface area contributed by atoms with Gasteiger partial charge in [0.25, 0.3) is 0 Å². The van der Waals surface area contributed by atoms with Gasteiger partial charge < -0.3 is 15.5 Å². The fourth-order valence-corrected chi connectivity index (χ4v) is 3.97. The topological polar surface area (TPSA) is 49.6 Å². The minimum atomic E-state index is -0.673. The fourth-order valence-electron chi connectivity index (χ4n) is 3.97. The third-order valence-corrected chi connectivity index (χ3v) is 5.31. The number of hydrogen-bond donors (Lipinski definition) is 1. The van der Waals surface area contributed by atoms with E-state index in [4.69, 9.17) is 5.73 Å². The number of nitrogens with zero attached hydrogens (tertiary/aromatic N) is 2. The van der Waals surface area contributed by atoms with Crippen LogP contribution in [0.3, 0.4) is 0 Å². The molecular formula is C21H27N3O. The van der Waals surface area contributed by atoms with E-state index in [1.807, 2.05) is 24.3 Å². The average Bonchev–Trinajstić information content (AvgIpc) is 2.70. The summed E-state index contributed by atoms with van der Waals surface area (Å²) in [6.45, 7) is 0.939. The van der Waals surface area contributed by atoms with Crippen molar-refractivity contribution in [1.29, 1.82) is 0 Å². The van der Waals surface area contributed by atoms with Crippen LogP contribution in [0.15, 0.2) is 48.5 Å². The van der Waals surface area contributed by atoms with E-state index in [9.17, 15) is 4.79 Å². The van der Waals surface area contributed by atoms with Gasteiger partial charge in [-0.3, -0.25) is 4.79 Å². The van der Waals surface area contributed by atoms with Crippen molar-refractivity contribution in [3.8, 4) is 0 Å². The Kier molecular flexibility index (Phi) is 4.82. The van der Waals surface area contributed by atoms with E-state index in [0.29, 0.717) is 6.42 Å². The maximum atomic E-state index is 12.8. The molecule has 1 amide bonds. The summed E-state index contributed by atoms with van der Waals surface area (Å²) in [6, 6.07) is 16.5. The van der Waals surface area contributed by atoms with Gasteiger partial charge in [-0.25, -0.2) is 0 Å². The number of para-hydroxylation sites is 2. The molecule has 2 N–H and O–H groups in total. The number of rotatable bonds is 5. The minimum absolute atomic E-state index is 0.233. The molecule has 1 heterocycles. The summed E-state index contributed by atoms with van der Waals surface area (Å²) in [6.07, 6.45) is 2.32. The first kappa shape index (κ1) is 17.5. The zero-order valence-corrected chi connectivity index (χ0v) is 15.3. The lowest BCUT2D eigenvalue weighted by atomic mass is 9.71. The SMILES string of the molecule is CN(C)CCCC1(C(N)=O)Cc2ccccc2N(C)c2ccccc21. The van der Waals surface area contributed by atoms with Gasteiger partial charge in [-0.1, -0.05) is 36.4 Å². The molecule has 2 aromatic rings. The van der Waals surface area contributed by atoms with Gasteiger partial charge in [-0.15, -0.1) is 0 Å². The lowest BCUT2D eigenvalue weighted by molar-refractivity contribution is -0.123. The normalized spacial score (nSPS) is 19.3. The molecule has 0 bridgehead atoms. The summed E-state index contributed by atoms with van der Waals surface area (Å²) in [5.41, 5.74) is 9.78. The number of hydrogen-bond acceptors (Lipinski definition) is 3. The van der Waals surface area contributed by atoms with Gasteiger partial charge >= 0.3 is 0 Å². The molecule has 25 heavy (non-hydrogen) atoms. The highest BCUT2D eigenvalue weighted by Crippen LogP contribution is 2.45. The highest BCUT2D eigenvalue weighted by molar-refractivity contribution is 5.91. The maximum absolute atomic E-state index is 12.8. The van der Waals surface area contributed by atoms with Crippen molar-refractivity contribution < 1.29 is 4.79 Å². The second kappa shape index (κ2) is 6.89. The highest BCUT2D eigenvalue weighted by atomic mass is 16.1. The van der Waals surface area contributed by atoms with Crippen LogP contribution >= 0.6 is 0 Å². The Morgan fingerprint density at radius 2 is 1.76 bits per heavy atom. The zero-order valence-electron chi connectivity index (χ0n) is 15.3. The first-order chi connectivity index (χ1) is 12.0. The molecule has 132 valence electrons. The summed E-state index contributed by atoms with van der Waals surface area (Å²) in [5.74, 6) is -0.233. The van der Waals surface area contributed by atoms with Crippen LogP contribution in [-0.4, -0.2) is 38.5 Å². The Morgan fingerprint density at radius 1 is 1.12 bits per heavy atom. The molecule has 1 atom stereocenters. The Hall–Kier alpha value is -2.33. The summed E-state index contributed by atoms with van der Waals surface area (Å²) in [5, 5.41) is 0. The zero-order chi connectivity index (χ0) is 18.0. The van der Waals surface area contributed by atoms with Gasteiger partial charge in [0, 0.05) is 18.4 Å². The summed E-state index contributed by atoms with van der Waals surface area (Å²) >= 11 is 0. The van der Waals surface area contributed by atoms with Crippen LogP contribution in [0.4, 0.5) is 11.4 Å². The number of primary amides is 1. The molecule has 0 fully saturated rings. The van der Waals surface area contributed by atoms with E-state index in [1.54, 1.807) is 0 Å². The molecule has 0 aromatic heterocycles. The summed E-state index contributed by atoms with van der Waals surface area (Å²) < 4.78 is 0. The van der Waals surface area contributed by atoms with E-state index in [1.165, 1.54) is 5.56 Å². The van der Waals surface area contributed by atoms with Crippen LogP contribution in [-0.2, 0) is 16.6 Å². The Labute approximate surface area is 150 Å². The van der Waals surface area contributed by atoms with E-state index in [-0.39, 0.29) is 5.91 Å². The van der Waals surface area contributed by atoms with Crippen molar-refractivity contribution in [1.82, 2.24) is 4.90 Å². The van der Waals surface area contributed by atoms with Crippen LogP contribution in [0, 0.1) is 0 Å². The molecule has 0 saturated heterocycles. The quantitative estimate of drug-likeness (QED) is 0.912. The molecule has 1 aliphatic heterocycles. The molecular weight excluding hydrogens is 310 g/mol. The van der Waals surface area contributed by atoms with Gasteiger partial charge in [0.1, 0.15) is 0 Å². The number of amides is 1. The molecule has 4 nitrogen and oxygen atoms in total. The second-order valence-corrected chi connectivity index (χ2v) is 7.23. The van der Waals surface area contributed by atoms with Crippen LogP contribution in [0.1, 0.15) is 24.0 Å². The number of nitrogens with two attached hydrogens (primary N) is 1. The van der Waals surface area contributed by atoms with E-state index in [2.05, 4.69) is 55.2 Å². The number of carbonyl (C=O) groups excluding carboxylic acids is 1. The van der Waals surface area contributed by atoms with Crippen molar-refractivity contribution >= 4 is 17.3 Å². The number of fused-ring (bicyclic) bond motifs is 2. The van der Waals surface area contributed by atoms with Crippen molar-refractivity contribution in [2.24, 2.45) is 5.73 Å². The van der Waals surface area contributed by atoms with Gasteiger partial charge in [0.2, 0.25) is 5.91 Å². The minimum Gasteiger partial charge on any atom is -0.369 e. The van der Waals surface area contributed by atoms with Crippen molar-refractivity contribution in [3.05, 3.63) is 59.7 Å². The number of carbonyl (C=O) groups is 1. The van der Waals surface area contributed by atoms with E-state index in [0.717, 1.165) is 36.3 Å². The predicted octanol–water partition coefficient (Wildman–Crippen LogP) is 3.08. The van der Waals surface area contributed by atoms with Gasteiger partial charge in [0.05, 0.1) is 5.41 Å². The molecule has 3 rings (SSSR count). The van der Waals surface area contributed by atoms with Gasteiger partial charge in [-0.2, -0.15) is 0 Å². The smallest absolute Gasteiger partial charge is 0.228 e. The van der Waals surface area contributed by atoms with Crippen molar-refractivity contribution in [3.63, 3.8) is 0 Å². The number of benzene rings is 2. The van der Waals surface area contributed by atoms with E-state index < -0.39 is 5.41 Å². The van der Waals surface area contributed by atoms with Gasteiger partial charge in [-0.05, 0) is 63.2 Å². The van der Waals surface area contributed by atoms with Crippen LogP contribution < -0.4 is 10.6 Å². The van der Waals surface area contributed by atoms with Crippen molar-refractivity contribution in [2.45, 2.75) is 24.7 Å². The molecule has 2 aromatic carbocycles. The van der Waals surface area contributed by atoms with E-state index >= 15 is 0 Å². The highest BCUT2D eigenvalue weighted by Gasteiger charge is 2.42. The van der Waals surface area contributed by atoms with Crippen LogP contribution in [0.25, 0.3) is 0 Å². The predicted molar refractivity (Wildman–Crippen MR) is 103 cm³/mol. The van der Waals surface area contributed by atoms with Crippen molar-refractivity contribution in [2.75, 3.05) is 32.6 Å².